The van der Waals surface area contributed by atoms with E-state index in [1.165, 1.54) is 31.3 Å². The quantitative estimate of drug-likeness (QED) is 0.310. The summed E-state index contributed by atoms with van der Waals surface area (Å²) >= 11 is 0. The average molecular weight is 429 g/mol. The highest BCUT2D eigenvalue weighted by molar-refractivity contribution is 5.98. The normalized spacial score (nSPS) is 13.8. The van der Waals surface area contributed by atoms with Crippen molar-refractivity contribution in [2.24, 2.45) is 0 Å². The largest absolute Gasteiger partial charge is 0.477 e. The lowest BCUT2D eigenvalue weighted by Crippen LogP contribution is -2.19. The van der Waals surface area contributed by atoms with Gasteiger partial charge in [-0.3, -0.25) is 0 Å². The van der Waals surface area contributed by atoms with Gasteiger partial charge in [-0.05, 0) is 68.3 Å². The highest BCUT2D eigenvalue weighted by Crippen LogP contribution is 2.29. The number of rotatable bonds is 9. The smallest absolute Gasteiger partial charge is 0.352 e. The van der Waals surface area contributed by atoms with E-state index in [-0.39, 0.29) is 0 Å². The van der Waals surface area contributed by atoms with Crippen molar-refractivity contribution < 1.29 is 9.90 Å². The number of allylic oxidation sites excluding steroid dienone is 1. The van der Waals surface area contributed by atoms with Gasteiger partial charge < -0.3 is 15.0 Å². The maximum absolute atomic E-state index is 12.4. The zero-order valence-corrected chi connectivity index (χ0v) is 18.9. The first-order chi connectivity index (χ1) is 15.6. The van der Waals surface area contributed by atoms with E-state index >= 15 is 0 Å². The molecule has 3 aromatic rings. The van der Waals surface area contributed by atoms with Crippen molar-refractivity contribution in [1.82, 2.24) is 9.88 Å². The lowest BCUT2D eigenvalue weighted by atomic mass is 9.97. The van der Waals surface area contributed by atoms with Crippen molar-refractivity contribution >= 4 is 22.9 Å². The molecule has 0 radical (unpaired) electrons. The number of carboxylic acid groups (broad SMARTS) is 1. The fraction of sp³-hybridized carbons (Fsp3) is 0.321. The second-order valence-corrected chi connectivity index (χ2v) is 8.72. The molecule has 2 N–H and O–H groups in total. The molecule has 4 nitrogen and oxygen atoms in total. The molecular weight excluding hydrogens is 396 g/mol. The number of nitrogens with one attached hydrogen (secondary N) is 1. The van der Waals surface area contributed by atoms with E-state index in [2.05, 4.69) is 36.2 Å². The summed E-state index contributed by atoms with van der Waals surface area (Å²) in [6.45, 7) is 7.79. The molecule has 0 spiro atoms. The van der Waals surface area contributed by atoms with Crippen LogP contribution in [-0.2, 0) is 13.1 Å². The Balaban J connectivity index is 1.63. The molecule has 4 rings (SSSR count). The molecule has 1 heterocycles. The summed E-state index contributed by atoms with van der Waals surface area (Å²) < 4.78 is 1.95. The van der Waals surface area contributed by atoms with Gasteiger partial charge >= 0.3 is 5.97 Å². The molecule has 4 heteroatoms. The monoisotopic (exact) mass is 428 g/mol. The molecule has 1 aliphatic carbocycles. The number of hydrogen-bond acceptors (Lipinski definition) is 2. The van der Waals surface area contributed by atoms with Gasteiger partial charge in [0.1, 0.15) is 5.69 Å². The van der Waals surface area contributed by atoms with E-state index < -0.39 is 5.97 Å². The molecule has 1 aromatic heterocycles. The number of carbonyl (C=O) groups is 1. The molecule has 1 aliphatic rings. The lowest BCUT2D eigenvalue weighted by Gasteiger charge is -2.13. The Labute approximate surface area is 190 Å². The van der Waals surface area contributed by atoms with Crippen molar-refractivity contribution in [3.63, 3.8) is 0 Å². The van der Waals surface area contributed by atoms with Crippen molar-refractivity contribution in [1.29, 1.82) is 0 Å². The van der Waals surface area contributed by atoms with Crippen molar-refractivity contribution in [3.8, 4) is 0 Å². The molecule has 0 saturated heterocycles. The zero-order valence-electron chi connectivity index (χ0n) is 18.9. The van der Waals surface area contributed by atoms with E-state index in [4.69, 9.17) is 0 Å². The lowest BCUT2D eigenvalue weighted by molar-refractivity contribution is 0.0684. The van der Waals surface area contributed by atoms with Gasteiger partial charge in [-0.15, -0.1) is 0 Å². The highest BCUT2D eigenvalue weighted by atomic mass is 16.4. The Morgan fingerprint density at radius 2 is 2.00 bits per heavy atom. The summed E-state index contributed by atoms with van der Waals surface area (Å²) in [6, 6.07) is 14.3. The van der Waals surface area contributed by atoms with Gasteiger partial charge in [0.15, 0.2) is 0 Å². The van der Waals surface area contributed by atoms with Crippen molar-refractivity contribution in [2.45, 2.75) is 52.1 Å². The first-order valence-corrected chi connectivity index (χ1v) is 11.5. The topological polar surface area (TPSA) is 54.3 Å². The Morgan fingerprint density at radius 3 is 2.69 bits per heavy atom. The van der Waals surface area contributed by atoms with Crippen LogP contribution in [0.4, 0.5) is 0 Å². The minimum absolute atomic E-state index is 0.378. The Kier molecular flexibility index (Phi) is 6.91. The van der Waals surface area contributed by atoms with Gasteiger partial charge in [-0.1, -0.05) is 60.7 Å². The van der Waals surface area contributed by atoms with E-state index in [9.17, 15) is 9.90 Å². The van der Waals surface area contributed by atoms with Crippen LogP contribution in [0.3, 0.4) is 0 Å². The molecule has 0 unspecified atom stereocenters. The van der Waals surface area contributed by atoms with Crippen LogP contribution in [0.2, 0.25) is 0 Å². The molecule has 2 aromatic carbocycles. The van der Waals surface area contributed by atoms with E-state index in [0.717, 1.165) is 46.1 Å². The Morgan fingerprint density at radius 1 is 1.19 bits per heavy atom. The molecule has 0 aliphatic heterocycles. The third-order valence-corrected chi connectivity index (χ3v) is 6.39. The van der Waals surface area contributed by atoms with Crippen LogP contribution in [-0.4, -0.2) is 22.2 Å². The minimum atomic E-state index is -0.881. The maximum atomic E-state index is 12.4. The first-order valence-electron chi connectivity index (χ1n) is 11.5. The minimum Gasteiger partial charge on any atom is -0.477 e. The number of benzene rings is 2. The SMILES string of the molecule is C=Cc1ccc(Cn2c(C(=O)O)c(CNCCC3=CCCCC3)c3ccc(C)cc32)cc1. The number of aromatic nitrogens is 1. The van der Waals surface area contributed by atoms with Crippen LogP contribution < -0.4 is 5.32 Å². The van der Waals surface area contributed by atoms with Crippen molar-refractivity contribution in [3.05, 3.63) is 88.6 Å². The molecule has 0 saturated carbocycles. The van der Waals surface area contributed by atoms with Gasteiger partial charge in [0, 0.05) is 29.6 Å². The number of fused-ring (bicyclic) bond motifs is 1. The van der Waals surface area contributed by atoms with Gasteiger partial charge in [-0.2, -0.15) is 0 Å². The summed E-state index contributed by atoms with van der Waals surface area (Å²) in [5, 5.41) is 14.7. The van der Waals surface area contributed by atoms with Crippen LogP contribution in [0.5, 0.6) is 0 Å². The predicted octanol–water partition coefficient (Wildman–Crippen LogP) is 6.32. The summed E-state index contributed by atoms with van der Waals surface area (Å²) in [6.07, 6.45) is 10.2. The standard InChI is InChI=1S/C28H32N2O2/c1-3-21-10-12-23(13-11-21)19-30-26-17-20(2)9-14-24(26)25(27(30)28(31)32)18-29-16-15-22-7-5-4-6-8-22/h3,7,9-14,17,29H,1,4-6,8,15-16,18-19H2,2H3,(H,31,32). The van der Waals surface area contributed by atoms with E-state index in [1.807, 2.05) is 41.8 Å². The second-order valence-electron chi connectivity index (χ2n) is 8.72. The predicted molar refractivity (Wildman–Crippen MR) is 132 cm³/mol. The van der Waals surface area contributed by atoms with Crippen LogP contribution >= 0.6 is 0 Å². The summed E-state index contributed by atoms with van der Waals surface area (Å²) in [5.41, 5.74) is 7.00. The van der Waals surface area contributed by atoms with E-state index in [0.29, 0.717) is 18.8 Å². The third kappa shape index (κ3) is 4.86. The van der Waals surface area contributed by atoms with E-state index in [1.54, 1.807) is 0 Å². The second kappa shape index (κ2) is 10.0. The van der Waals surface area contributed by atoms with Gasteiger partial charge in [0.25, 0.3) is 0 Å². The average Bonchev–Trinajstić information content (AvgIpc) is 3.10. The summed E-state index contributed by atoms with van der Waals surface area (Å²) in [5.74, 6) is -0.881. The number of aromatic carboxylic acids is 1. The Hall–Kier alpha value is -3.11. The molecule has 0 atom stereocenters. The summed E-state index contributed by atoms with van der Waals surface area (Å²) in [7, 11) is 0. The number of aryl methyl sites for hydroxylation is 1. The zero-order chi connectivity index (χ0) is 22.5. The Bertz CT molecular complexity index is 1150. The first kappa shape index (κ1) is 22.1. The molecule has 0 amide bonds. The molecule has 0 bridgehead atoms. The fourth-order valence-electron chi connectivity index (χ4n) is 4.65. The molecular formula is C28H32N2O2. The molecule has 0 fully saturated rings. The number of hydrogen-bond donors (Lipinski definition) is 2. The highest BCUT2D eigenvalue weighted by Gasteiger charge is 2.22. The molecule has 166 valence electrons. The summed E-state index contributed by atoms with van der Waals surface area (Å²) in [4.78, 5) is 12.4. The van der Waals surface area contributed by atoms with Gasteiger partial charge in [0.2, 0.25) is 0 Å². The van der Waals surface area contributed by atoms with Crippen molar-refractivity contribution in [2.75, 3.05) is 6.54 Å². The van der Waals surface area contributed by atoms with Crippen LogP contribution in [0.25, 0.3) is 17.0 Å². The third-order valence-electron chi connectivity index (χ3n) is 6.39. The fourth-order valence-corrected chi connectivity index (χ4v) is 4.65. The van der Waals surface area contributed by atoms with Crippen LogP contribution in [0.1, 0.15) is 64.8 Å². The number of carboxylic acids is 1. The van der Waals surface area contributed by atoms with Gasteiger partial charge in [-0.25, -0.2) is 4.79 Å². The van der Waals surface area contributed by atoms with Gasteiger partial charge in [0.05, 0.1) is 0 Å². The van der Waals surface area contributed by atoms with Crippen LogP contribution in [0, 0.1) is 6.92 Å². The van der Waals surface area contributed by atoms with Crippen LogP contribution in [0.15, 0.2) is 60.7 Å². The molecule has 32 heavy (non-hydrogen) atoms. The number of nitrogens with zero attached hydrogens (tertiary/aromatic N) is 1. The maximum Gasteiger partial charge on any atom is 0.352 e.